The minimum absolute atomic E-state index is 0.00226. The quantitative estimate of drug-likeness (QED) is 0.0396. The Balaban J connectivity index is 0.891. The van der Waals surface area contributed by atoms with Gasteiger partial charge in [0.15, 0.2) is 53.1 Å². The predicted octanol–water partition coefficient (Wildman–Crippen LogP) is -3.46. The second-order valence-corrected chi connectivity index (χ2v) is 19.7. The van der Waals surface area contributed by atoms with E-state index in [1.54, 1.807) is 0 Å². The van der Waals surface area contributed by atoms with Crippen molar-refractivity contribution in [1.82, 2.24) is 58.6 Å². The highest BCUT2D eigenvalue weighted by atomic mass is 31.2. The van der Waals surface area contributed by atoms with E-state index in [9.17, 15) is 53.7 Å². The summed E-state index contributed by atoms with van der Waals surface area (Å²) in [5.74, 6) is -0.0735. The van der Waals surface area contributed by atoms with Crippen molar-refractivity contribution in [3.63, 3.8) is 0 Å². The zero-order valence-electron chi connectivity index (χ0n) is 34.2. The number of anilines is 3. The molecule has 0 radical (unpaired) electrons. The first kappa shape index (κ1) is 48.1. The van der Waals surface area contributed by atoms with E-state index < -0.39 is 123 Å². The fourth-order valence-electron chi connectivity index (χ4n) is 7.65. The maximum atomic E-state index is 13.6. The van der Waals surface area contributed by atoms with Gasteiger partial charge in [0.2, 0.25) is 0 Å². The molecule has 14 atom stereocenters. The lowest BCUT2D eigenvalue weighted by Crippen LogP contribution is -2.37. The van der Waals surface area contributed by atoms with Crippen molar-refractivity contribution < 1.29 is 90.7 Å². The highest BCUT2D eigenvalue weighted by Gasteiger charge is 2.52. The molecule has 0 spiro atoms. The Kier molecular flexibility index (Phi) is 13.1. The molecule has 37 heteroatoms. The van der Waals surface area contributed by atoms with Gasteiger partial charge in [0.1, 0.15) is 96.8 Å². The number of aliphatic hydroxyl groups is 4. The van der Waals surface area contributed by atoms with Crippen LogP contribution in [0.4, 0.5) is 17.5 Å². The van der Waals surface area contributed by atoms with Gasteiger partial charge in [-0.2, -0.15) is 0 Å². The number of ether oxygens (including phenoxy) is 4. The lowest BCUT2D eigenvalue weighted by atomic mass is 10.1. The zero-order chi connectivity index (χ0) is 48.4. The van der Waals surface area contributed by atoms with Crippen LogP contribution < -0.4 is 17.2 Å². The fourth-order valence-corrected chi connectivity index (χ4v) is 9.74. The van der Waals surface area contributed by atoms with E-state index >= 15 is 0 Å². The first-order valence-electron chi connectivity index (χ1n) is 19.6. The standard InChI is InChI=1S/C31H40N15O19P3/c32-23-14-26(38-4-35-23)44(7-41-14)29-20(50)17(47)11(62-29)3-61-68(56,57)65-22-19(49)12(64-31(22)46-9-43-16-25(34)37-6-40-28(16)46)1-59-66(51,52)10-58-21-18(48)13(2-60-67(53,54)55)63-30(21)45-8-42-15-24(33)36-5-39-27(15)45/h4-9,11-13,17-22,29-31,47-50H,1-3,10H2,(H,51,52)(H,56,57)(H2,32,35,38)(H2,33,36,39)(H2,34,37,40)(H2,53,54,55)/t11-,12-,13-,17-,18-,19-,20-,21+,22-,29-,30-,31-/m1/s1. The largest absolute Gasteiger partial charge is 0.472 e. The Bertz CT molecular complexity index is 2960. The fraction of sp³-hybridized carbons (Fsp3) is 0.516. The van der Waals surface area contributed by atoms with E-state index in [4.69, 9.17) is 49.7 Å². The van der Waals surface area contributed by atoms with Crippen LogP contribution in [0.3, 0.4) is 0 Å². The molecule has 68 heavy (non-hydrogen) atoms. The molecule has 34 nitrogen and oxygen atoms in total. The monoisotopic (exact) mass is 1020 g/mol. The molecule has 3 aliphatic heterocycles. The minimum Gasteiger partial charge on any atom is -0.387 e. The van der Waals surface area contributed by atoms with E-state index in [1.807, 2.05) is 0 Å². The summed E-state index contributed by atoms with van der Waals surface area (Å²) in [6.07, 6.45) is -13.7. The number of aromatic nitrogens is 12. The molecule has 9 heterocycles. The number of phosphoric ester groups is 2. The normalized spacial score (nSPS) is 30.7. The molecule has 2 unspecified atom stereocenters. The van der Waals surface area contributed by atoms with Crippen molar-refractivity contribution in [2.24, 2.45) is 0 Å². The average molecular weight is 1020 g/mol. The molecule has 368 valence electrons. The Hall–Kier alpha value is -4.90. The summed E-state index contributed by atoms with van der Waals surface area (Å²) in [4.78, 5) is 76.7. The van der Waals surface area contributed by atoms with Gasteiger partial charge in [-0.3, -0.25) is 31.8 Å². The van der Waals surface area contributed by atoms with Crippen LogP contribution >= 0.6 is 23.2 Å². The van der Waals surface area contributed by atoms with Crippen molar-refractivity contribution >= 4 is 74.2 Å². The molecule has 9 rings (SSSR count). The lowest BCUT2D eigenvalue weighted by molar-refractivity contribution is -0.0664. The molecule has 14 N–H and O–H groups in total. The summed E-state index contributed by atoms with van der Waals surface area (Å²) < 4.78 is 85.9. The van der Waals surface area contributed by atoms with E-state index in [2.05, 4.69) is 49.4 Å². The molecule has 6 aromatic heterocycles. The van der Waals surface area contributed by atoms with Gasteiger partial charge in [0.25, 0.3) is 0 Å². The zero-order valence-corrected chi connectivity index (χ0v) is 36.9. The van der Waals surface area contributed by atoms with Crippen LogP contribution in [0.2, 0.25) is 0 Å². The molecule has 0 aliphatic carbocycles. The van der Waals surface area contributed by atoms with Crippen LogP contribution in [0.5, 0.6) is 0 Å². The van der Waals surface area contributed by atoms with Gasteiger partial charge < -0.3 is 80.7 Å². The Labute approximate surface area is 377 Å². The number of nitrogens with zero attached hydrogens (tertiary/aromatic N) is 12. The molecule has 3 fully saturated rings. The third-order valence-corrected chi connectivity index (χ3v) is 13.4. The summed E-state index contributed by atoms with van der Waals surface area (Å²) in [5, 5.41) is 44.4. The third-order valence-electron chi connectivity index (χ3n) is 10.9. The highest BCUT2D eigenvalue weighted by Crippen LogP contribution is 2.51. The van der Waals surface area contributed by atoms with Gasteiger partial charge in [-0.05, 0) is 0 Å². The molecule has 0 aromatic carbocycles. The highest BCUT2D eigenvalue weighted by molar-refractivity contribution is 7.52. The number of hydrogen-bond donors (Lipinski definition) is 11. The van der Waals surface area contributed by atoms with Crippen LogP contribution in [-0.2, 0) is 50.7 Å². The summed E-state index contributed by atoms with van der Waals surface area (Å²) in [7, 11) is -15.3. The molecule has 0 amide bonds. The van der Waals surface area contributed by atoms with Crippen molar-refractivity contribution in [2.75, 3.05) is 43.4 Å². The van der Waals surface area contributed by atoms with Crippen molar-refractivity contribution in [2.45, 2.75) is 73.6 Å². The molecular formula is C31H40N15O19P3. The van der Waals surface area contributed by atoms with Crippen LogP contribution in [0.15, 0.2) is 38.0 Å². The van der Waals surface area contributed by atoms with E-state index in [0.29, 0.717) is 0 Å². The molecular weight excluding hydrogens is 979 g/mol. The number of hydrogen-bond acceptors (Lipinski definition) is 27. The third kappa shape index (κ3) is 9.42. The summed E-state index contributed by atoms with van der Waals surface area (Å²) in [5.41, 5.74) is 18.2. The lowest BCUT2D eigenvalue weighted by Gasteiger charge is -2.25. The number of nitrogens with two attached hydrogens (primary N) is 3. The molecule has 3 saturated heterocycles. The smallest absolute Gasteiger partial charge is 0.387 e. The number of fused-ring (bicyclic) bond motifs is 3. The topological polar surface area (TPSA) is 496 Å². The maximum Gasteiger partial charge on any atom is 0.472 e. The number of aliphatic hydroxyl groups excluding tert-OH is 4. The second-order valence-electron chi connectivity index (χ2n) is 15.2. The average Bonchev–Trinajstić information content (AvgIpc) is 4.14. The number of nitrogen functional groups attached to an aromatic ring is 3. The number of imidazole rings is 3. The van der Waals surface area contributed by atoms with Gasteiger partial charge in [0, 0.05) is 0 Å². The first-order valence-corrected chi connectivity index (χ1v) is 24.4. The van der Waals surface area contributed by atoms with Crippen molar-refractivity contribution in [1.29, 1.82) is 0 Å². The van der Waals surface area contributed by atoms with E-state index in [0.717, 1.165) is 29.9 Å². The predicted molar refractivity (Wildman–Crippen MR) is 219 cm³/mol. The first-order chi connectivity index (χ1) is 32.2. The Morgan fingerprint density at radius 3 is 1.44 bits per heavy atom. The summed E-state index contributed by atoms with van der Waals surface area (Å²) >= 11 is 0. The van der Waals surface area contributed by atoms with E-state index in [1.165, 1.54) is 21.8 Å². The van der Waals surface area contributed by atoms with Crippen molar-refractivity contribution in [3.05, 3.63) is 38.0 Å². The molecule has 6 aromatic rings. The van der Waals surface area contributed by atoms with Crippen LogP contribution in [0.1, 0.15) is 18.7 Å². The van der Waals surface area contributed by atoms with Gasteiger partial charge in [-0.15, -0.1) is 0 Å². The molecule has 0 bridgehead atoms. The number of rotatable bonds is 17. The molecule has 3 aliphatic rings. The second kappa shape index (κ2) is 18.4. The van der Waals surface area contributed by atoms with Gasteiger partial charge in [0.05, 0.1) is 38.8 Å². The van der Waals surface area contributed by atoms with Gasteiger partial charge in [-0.25, -0.2) is 54.0 Å². The maximum absolute atomic E-state index is 13.6. The Morgan fingerprint density at radius 2 is 0.941 bits per heavy atom. The van der Waals surface area contributed by atoms with E-state index in [-0.39, 0.29) is 50.9 Å². The Morgan fingerprint density at radius 1 is 0.529 bits per heavy atom. The van der Waals surface area contributed by atoms with Crippen LogP contribution in [0, 0.1) is 0 Å². The summed E-state index contributed by atoms with van der Waals surface area (Å²) in [6, 6.07) is 0. The molecule has 0 saturated carbocycles. The van der Waals surface area contributed by atoms with Gasteiger partial charge >= 0.3 is 23.2 Å². The SMILES string of the molecule is Nc1ncnc2c1ncn2[C@@H]1O[C@H](COP(=O)(O)O[C@@H]2[C@H](O)[C@@H](COP(=O)(O)CO[C@H]3[C@H](O)[C@@H](COP(=O)(O)O)O[C@H]3n3cnc4c(N)ncnc43)O[C@H]2n2cnc3c(N)ncnc32)[C@@H](O)[C@H]1O. The van der Waals surface area contributed by atoms with Crippen LogP contribution in [0.25, 0.3) is 33.5 Å². The number of phosphoric acid groups is 2. The van der Waals surface area contributed by atoms with Crippen LogP contribution in [-0.4, -0.2) is 180 Å². The summed E-state index contributed by atoms with van der Waals surface area (Å²) in [6.45, 7) is -2.65. The van der Waals surface area contributed by atoms with Crippen molar-refractivity contribution in [3.8, 4) is 0 Å². The minimum atomic E-state index is -5.32. The van der Waals surface area contributed by atoms with Gasteiger partial charge in [-0.1, -0.05) is 0 Å².